The lowest BCUT2D eigenvalue weighted by atomic mass is 9.81. The summed E-state index contributed by atoms with van der Waals surface area (Å²) < 4.78 is 5.19. The molecule has 1 aliphatic rings. The fraction of sp³-hybridized carbons (Fsp3) is 0.280. The lowest BCUT2D eigenvalue weighted by Gasteiger charge is -2.22. The van der Waals surface area contributed by atoms with Crippen LogP contribution in [-0.2, 0) is 14.9 Å². The topological polar surface area (TPSA) is 102 Å². The average Bonchev–Trinajstić information content (AvgIpc) is 2.79. The van der Waals surface area contributed by atoms with Crippen molar-refractivity contribution in [3.05, 3.63) is 76.6 Å². The van der Waals surface area contributed by atoms with Crippen LogP contribution in [0.5, 0.6) is 0 Å². The first-order valence-corrected chi connectivity index (χ1v) is 10.9. The molecule has 0 saturated carbocycles. The van der Waals surface area contributed by atoms with Gasteiger partial charge in [0.2, 0.25) is 0 Å². The van der Waals surface area contributed by atoms with Gasteiger partial charge in [-0.05, 0) is 56.7 Å². The quantitative estimate of drug-likeness (QED) is 0.631. The predicted molar refractivity (Wildman–Crippen MR) is 135 cm³/mol. The number of carbonyl (C=O) groups is 1. The first-order valence-electron chi connectivity index (χ1n) is 10.5. The molecule has 0 spiro atoms. The van der Waals surface area contributed by atoms with E-state index in [1.165, 1.54) is 0 Å². The van der Waals surface area contributed by atoms with Crippen molar-refractivity contribution in [3.63, 3.8) is 0 Å². The molecule has 1 aromatic heterocycles. The predicted octanol–water partition coefficient (Wildman–Crippen LogP) is 4.40. The fourth-order valence-electron chi connectivity index (χ4n) is 3.11. The number of aliphatic imine (C=N–C) groups is 2. The average molecular weight is 466 g/mol. The largest absolute Gasteiger partial charge is 0.397 e. The second-order valence-electron chi connectivity index (χ2n) is 8.16. The number of anilines is 1. The van der Waals surface area contributed by atoms with Crippen molar-refractivity contribution in [1.29, 1.82) is 0 Å². The molecular weight excluding hydrogens is 438 g/mol. The van der Waals surface area contributed by atoms with Crippen molar-refractivity contribution in [2.75, 3.05) is 25.6 Å². The van der Waals surface area contributed by atoms with Crippen LogP contribution in [-0.4, -0.2) is 42.7 Å². The minimum absolute atomic E-state index is 0.114. The Balaban J connectivity index is 1.88. The third-order valence-corrected chi connectivity index (χ3v) is 5.80. The molecule has 8 heteroatoms. The van der Waals surface area contributed by atoms with Crippen molar-refractivity contribution < 1.29 is 9.53 Å². The number of pyridine rings is 1. The fourth-order valence-corrected chi connectivity index (χ4v) is 3.34. The summed E-state index contributed by atoms with van der Waals surface area (Å²) >= 11 is 6.20. The second-order valence-corrected chi connectivity index (χ2v) is 8.56. The Morgan fingerprint density at radius 3 is 2.64 bits per heavy atom. The van der Waals surface area contributed by atoms with Crippen molar-refractivity contribution in [2.24, 2.45) is 15.7 Å². The van der Waals surface area contributed by atoms with Gasteiger partial charge in [0.15, 0.2) is 5.84 Å². The summed E-state index contributed by atoms with van der Waals surface area (Å²) in [4.78, 5) is 25.3. The Bertz CT molecular complexity index is 1150. The number of Topliss-reactive ketones (excluding diaryl/α,β-unsaturated/α-hetero) is 1. The number of rotatable bonds is 7. The van der Waals surface area contributed by atoms with E-state index in [1.54, 1.807) is 38.4 Å². The van der Waals surface area contributed by atoms with Crippen molar-refractivity contribution in [3.8, 4) is 0 Å². The van der Waals surface area contributed by atoms with Crippen molar-refractivity contribution in [1.82, 2.24) is 4.98 Å². The number of benzene rings is 1. The zero-order valence-electron chi connectivity index (χ0n) is 19.2. The van der Waals surface area contributed by atoms with Gasteiger partial charge in [-0.25, -0.2) is 4.99 Å². The van der Waals surface area contributed by atoms with E-state index in [2.05, 4.69) is 20.3 Å². The normalized spacial score (nSPS) is 15.8. The Labute approximate surface area is 199 Å². The number of amidine groups is 2. The standard InChI is InChI=1S/C25H28ClN5O2/c1-16(32)25(2,3)18-8-10-19(11-9-18)30-24-17(14-29-22(31-24)15-33-4)7-12-21(27)23-20(26)6-5-13-28-23/h5-13H,14-15,27H2,1-4H3,(H,29,30,31)/b17-7+,21-12-. The molecule has 0 unspecified atom stereocenters. The van der Waals surface area contributed by atoms with Crippen LogP contribution in [0.15, 0.2) is 70.3 Å². The molecule has 0 amide bonds. The highest BCUT2D eigenvalue weighted by Gasteiger charge is 2.25. The molecule has 0 saturated heterocycles. The summed E-state index contributed by atoms with van der Waals surface area (Å²) in [5.74, 6) is 1.35. The number of ketones is 1. The molecule has 7 nitrogen and oxygen atoms in total. The van der Waals surface area contributed by atoms with Crippen LogP contribution in [0.1, 0.15) is 32.0 Å². The Morgan fingerprint density at radius 1 is 1.27 bits per heavy atom. The molecule has 33 heavy (non-hydrogen) atoms. The molecule has 3 rings (SSSR count). The van der Waals surface area contributed by atoms with E-state index in [0.29, 0.717) is 41.2 Å². The Morgan fingerprint density at radius 2 is 2.00 bits per heavy atom. The third kappa shape index (κ3) is 5.94. The maximum Gasteiger partial charge on any atom is 0.152 e. The number of carbonyl (C=O) groups excluding carboxylic acids is 1. The number of halogens is 1. The molecular formula is C25H28ClN5O2. The van der Waals surface area contributed by atoms with Gasteiger partial charge >= 0.3 is 0 Å². The third-order valence-electron chi connectivity index (χ3n) is 5.50. The summed E-state index contributed by atoms with van der Waals surface area (Å²) in [7, 11) is 1.60. The van der Waals surface area contributed by atoms with Crippen LogP contribution in [0.2, 0.25) is 5.02 Å². The molecule has 0 aliphatic carbocycles. The Hall–Kier alpha value is -3.29. The van der Waals surface area contributed by atoms with Gasteiger partial charge in [0.25, 0.3) is 0 Å². The number of aromatic nitrogens is 1. The van der Waals surface area contributed by atoms with Gasteiger partial charge in [-0.2, -0.15) is 0 Å². The van der Waals surface area contributed by atoms with E-state index in [9.17, 15) is 4.79 Å². The number of ether oxygens (including phenoxy) is 1. The van der Waals surface area contributed by atoms with E-state index in [1.807, 2.05) is 44.2 Å². The summed E-state index contributed by atoms with van der Waals surface area (Å²) in [5.41, 5.74) is 9.24. The van der Waals surface area contributed by atoms with Gasteiger partial charge in [-0.15, -0.1) is 0 Å². The molecule has 2 aromatic rings. The number of allylic oxidation sites excluding steroid dienone is 2. The van der Waals surface area contributed by atoms with E-state index >= 15 is 0 Å². The first-order chi connectivity index (χ1) is 15.7. The number of nitrogens with two attached hydrogens (primary N) is 1. The highest BCUT2D eigenvalue weighted by atomic mass is 35.5. The maximum absolute atomic E-state index is 12.0. The number of nitrogens with one attached hydrogen (secondary N) is 1. The number of hydrogen-bond donors (Lipinski definition) is 2. The zero-order valence-corrected chi connectivity index (χ0v) is 20.0. The zero-order chi connectivity index (χ0) is 24.0. The molecule has 0 atom stereocenters. The number of methoxy groups -OCH3 is 1. The van der Waals surface area contributed by atoms with Gasteiger partial charge in [0.1, 0.15) is 23.9 Å². The monoisotopic (exact) mass is 465 g/mol. The van der Waals surface area contributed by atoms with E-state index in [4.69, 9.17) is 22.1 Å². The lowest BCUT2D eigenvalue weighted by molar-refractivity contribution is -0.121. The van der Waals surface area contributed by atoms with Gasteiger partial charge < -0.3 is 15.8 Å². The highest BCUT2D eigenvalue weighted by Crippen LogP contribution is 2.26. The van der Waals surface area contributed by atoms with Crippen LogP contribution >= 0.6 is 11.6 Å². The molecule has 172 valence electrons. The molecule has 0 radical (unpaired) electrons. The smallest absolute Gasteiger partial charge is 0.152 e. The van der Waals surface area contributed by atoms with Crippen LogP contribution < -0.4 is 11.1 Å². The van der Waals surface area contributed by atoms with E-state index in [-0.39, 0.29) is 5.78 Å². The highest BCUT2D eigenvalue weighted by molar-refractivity contribution is 6.32. The van der Waals surface area contributed by atoms with Gasteiger partial charge in [-0.1, -0.05) is 29.8 Å². The Kier molecular flexibility index (Phi) is 7.79. The molecule has 1 aliphatic heterocycles. The minimum Gasteiger partial charge on any atom is -0.397 e. The first kappa shape index (κ1) is 24.4. The number of nitrogens with zero attached hydrogens (tertiary/aromatic N) is 3. The van der Waals surface area contributed by atoms with Gasteiger partial charge in [0, 0.05) is 30.0 Å². The van der Waals surface area contributed by atoms with Crippen molar-refractivity contribution in [2.45, 2.75) is 26.2 Å². The van der Waals surface area contributed by atoms with E-state index < -0.39 is 5.41 Å². The second kappa shape index (κ2) is 10.6. The van der Waals surface area contributed by atoms with Gasteiger partial charge in [-0.3, -0.25) is 14.8 Å². The lowest BCUT2D eigenvalue weighted by Crippen LogP contribution is -2.26. The van der Waals surface area contributed by atoms with Crippen LogP contribution in [0.4, 0.5) is 5.69 Å². The van der Waals surface area contributed by atoms with Gasteiger partial charge in [0.05, 0.1) is 17.3 Å². The molecule has 0 fully saturated rings. The van der Waals surface area contributed by atoms with Crippen LogP contribution in [0.3, 0.4) is 0 Å². The van der Waals surface area contributed by atoms with Crippen molar-refractivity contribution >= 4 is 40.4 Å². The summed E-state index contributed by atoms with van der Waals surface area (Å²) in [5, 5.41) is 3.83. The molecule has 2 heterocycles. The SMILES string of the molecule is COCC1=NC/C(=C\C=C(/N)c2ncccc2Cl)C(Nc2ccc(C(C)(C)C(C)=O)cc2)=N1. The molecule has 1 aromatic carbocycles. The number of hydrogen-bond acceptors (Lipinski definition) is 7. The van der Waals surface area contributed by atoms with Crippen LogP contribution in [0.25, 0.3) is 5.70 Å². The summed E-state index contributed by atoms with van der Waals surface area (Å²) in [6.45, 7) is 6.17. The van der Waals surface area contributed by atoms with Crippen LogP contribution in [0, 0.1) is 0 Å². The molecule has 3 N–H and O–H groups in total. The maximum atomic E-state index is 12.0. The molecule has 0 bridgehead atoms. The van der Waals surface area contributed by atoms with E-state index in [0.717, 1.165) is 16.8 Å². The summed E-state index contributed by atoms with van der Waals surface area (Å²) in [6.07, 6.45) is 5.24. The minimum atomic E-state index is -0.542. The summed E-state index contributed by atoms with van der Waals surface area (Å²) in [6, 6.07) is 11.2.